The maximum atomic E-state index is 12.0. The molecule has 0 saturated carbocycles. The van der Waals surface area contributed by atoms with Crippen molar-refractivity contribution < 1.29 is 13.2 Å². The van der Waals surface area contributed by atoms with Gasteiger partial charge in [-0.15, -0.1) is 0 Å². The van der Waals surface area contributed by atoms with Crippen molar-refractivity contribution in [1.82, 2.24) is 0 Å². The Labute approximate surface area is 112 Å². The van der Waals surface area contributed by atoms with Crippen LogP contribution in [-0.4, -0.2) is 30.3 Å². The number of carbonyl (C=O) groups is 1. The summed E-state index contributed by atoms with van der Waals surface area (Å²) in [4.78, 5) is 12.0. The van der Waals surface area contributed by atoms with E-state index >= 15 is 0 Å². The monoisotopic (exact) mass is 284 g/mol. The smallest absolute Gasteiger partial charge is 0.163 e. The lowest BCUT2D eigenvalue weighted by Gasteiger charge is -2.16. The molecule has 1 heterocycles. The van der Waals surface area contributed by atoms with Crippen LogP contribution in [0.5, 0.6) is 0 Å². The van der Waals surface area contributed by atoms with Gasteiger partial charge in [-0.05, 0) is 5.92 Å². The Balaban J connectivity index is 2.04. The van der Waals surface area contributed by atoms with Crippen LogP contribution in [0.15, 0.2) is 30.3 Å². The van der Waals surface area contributed by atoms with Crippen molar-refractivity contribution in [1.29, 1.82) is 0 Å². The average molecular weight is 284 g/mol. The van der Waals surface area contributed by atoms with Crippen molar-refractivity contribution in [3.63, 3.8) is 0 Å². The van der Waals surface area contributed by atoms with Gasteiger partial charge in [0.05, 0.1) is 0 Å². The molecule has 1 aliphatic rings. The molecule has 0 N–H and O–H groups in total. The Kier molecular flexibility index (Phi) is 4.45. The van der Waals surface area contributed by atoms with Gasteiger partial charge in [-0.1, -0.05) is 37.3 Å². The van der Waals surface area contributed by atoms with Crippen LogP contribution in [0.2, 0.25) is 0 Å². The number of hydrogen-bond acceptors (Lipinski definition) is 3. The normalized spacial score (nSPS) is 29.1. The summed E-state index contributed by atoms with van der Waals surface area (Å²) in [5.74, 6) is 0.938. The number of ketones is 1. The molecule has 0 amide bonds. The van der Waals surface area contributed by atoms with Crippen LogP contribution in [0.25, 0.3) is 0 Å². The van der Waals surface area contributed by atoms with E-state index in [4.69, 9.17) is 0 Å². The predicted octanol–water partition coefficient (Wildman–Crippen LogP) is 1.73. The Morgan fingerprint density at radius 3 is 2.33 bits per heavy atom. The highest BCUT2D eigenvalue weighted by Gasteiger charge is 2.35. The molecule has 3 atom stereocenters. The second kappa shape index (κ2) is 5.89. The zero-order valence-electron chi connectivity index (χ0n) is 10.2. The van der Waals surface area contributed by atoms with Gasteiger partial charge in [0.25, 0.3) is 0 Å². The maximum absolute atomic E-state index is 12.0. The number of carbonyl (C=O) groups excluding carboxylic acids is 1. The van der Waals surface area contributed by atoms with Crippen molar-refractivity contribution >= 4 is 27.4 Å². The van der Waals surface area contributed by atoms with Gasteiger partial charge in [0.15, 0.2) is 5.78 Å². The van der Waals surface area contributed by atoms with Crippen LogP contribution in [0.3, 0.4) is 0 Å². The van der Waals surface area contributed by atoms with Gasteiger partial charge in [0.2, 0.25) is 0 Å². The zero-order valence-corrected chi connectivity index (χ0v) is 11.8. The minimum atomic E-state index is -1.05. The van der Waals surface area contributed by atoms with Crippen molar-refractivity contribution in [3.8, 4) is 0 Å². The molecule has 0 aromatic heterocycles. The molecule has 1 fully saturated rings. The lowest BCUT2D eigenvalue weighted by atomic mass is 10.0. The van der Waals surface area contributed by atoms with Crippen LogP contribution in [-0.2, 0) is 21.6 Å². The van der Waals surface area contributed by atoms with Crippen molar-refractivity contribution in [2.45, 2.75) is 17.9 Å². The van der Waals surface area contributed by atoms with Gasteiger partial charge in [-0.2, -0.15) is 0 Å². The van der Waals surface area contributed by atoms with Crippen LogP contribution in [0.4, 0.5) is 0 Å². The first-order valence-electron chi connectivity index (χ1n) is 5.92. The van der Waals surface area contributed by atoms with Crippen LogP contribution in [0, 0.1) is 5.92 Å². The topological polar surface area (TPSA) is 51.2 Å². The molecule has 1 aromatic carbocycles. The molecule has 0 spiro atoms. The van der Waals surface area contributed by atoms with Gasteiger partial charge in [0.1, 0.15) is 4.58 Å². The summed E-state index contributed by atoms with van der Waals surface area (Å²) in [6.07, 6.45) is 0.312. The number of Topliss-reactive ketones (excluding diaryl/α,β-unsaturated/α-hetero) is 1. The first-order valence-corrected chi connectivity index (χ1v) is 8.68. The zero-order chi connectivity index (χ0) is 13.1. The summed E-state index contributed by atoms with van der Waals surface area (Å²) in [5, 5.41) is 0. The molecule has 0 aliphatic carbocycles. The summed E-state index contributed by atoms with van der Waals surface area (Å²) >= 11 is 0. The molecule has 18 heavy (non-hydrogen) atoms. The quantitative estimate of drug-likeness (QED) is 0.791. The second-order valence-electron chi connectivity index (χ2n) is 4.51. The fourth-order valence-corrected chi connectivity index (χ4v) is 6.71. The lowest BCUT2D eigenvalue weighted by molar-refractivity contribution is 0.0967. The molecule has 1 aromatic rings. The van der Waals surface area contributed by atoms with E-state index < -0.39 is 21.6 Å². The SMILES string of the molecule is C[C@H](CC(=O)c1ccccc1)C1S(=O)CCS1=O. The molecule has 98 valence electrons. The van der Waals surface area contributed by atoms with Gasteiger partial charge in [0, 0.05) is 45.1 Å². The number of rotatable bonds is 4. The predicted molar refractivity (Wildman–Crippen MR) is 74.4 cm³/mol. The minimum Gasteiger partial charge on any atom is -0.294 e. The molecular weight excluding hydrogens is 268 g/mol. The third-order valence-electron chi connectivity index (χ3n) is 3.07. The highest BCUT2D eigenvalue weighted by molar-refractivity contribution is 8.06. The largest absolute Gasteiger partial charge is 0.294 e. The molecule has 0 bridgehead atoms. The van der Waals surface area contributed by atoms with E-state index in [9.17, 15) is 13.2 Å². The van der Waals surface area contributed by atoms with E-state index in [2.05, 4.69) is 0 Å². The molecule has 1 aliphatic heterocycles. The minimum absolute atomic E-state index is 0.0315. The molecule has 0 radical (unpaired) electrons. The number of benzene rings is 1. The molecular formula is C13H16O3S2. The molecule has 1 saturated heterocycles. The third kappa shape index (κ3) is 2.95. The Bertz CT molecular complexity index is 468. The molecule has 3 nitrogen and oxygen atoms in total. The fourth-order valence-electron chi connectivity index (χ4n) is 2.17. The number of hydrogen-bond donors (Lipinski definition) is 0. The Morgan fingerprint density at radius 2 is 1.78 bits per heavy atom. The molecule has 2 unspecified atom stereocenters. The van der Waals surface area contributed by atoms with Gasteiger partial charge >= 0.3 is 0 Å². The highest BCUT2D eigenvalue weighted by Crippen LogP contribution is 2.24. The standard InChI is InChI=1S/C13H16O3S2/c1-10(13-17(15)7-8-18(13)16)9-12(14)11-5-3-2-4-6-11/h2-6,10,13H,7-9H2,1H3/t10-,13?,17?,18?/m1/s1. The maximum Gasteiger partial charge on any atom is 0.163 e. The average Bonchev–Trinajstić information content (AvgIpc) is 2.70. The van der Waals surface area contributed by atoms with E-state index in [0.717, 1.165) is 0 Å². The van der Waals surface area contributed by atoms with E-state index in [1.54, 1.807) is 12.1 Å². The van der Waals surface area contributed by atoms with E-state index in [1.165, 1.54) is 0 Å². The first-order chi connectivity index (χ1) is 8.59. The first kappa shape index (κ1) is 13.6. The van der Waals surface area contributed by atoms with Gasteiger partial charge < -0.3 is 0 Å². The van der Waals surface area contributed by atoms with E-state index in [-0.39, 0.29) is 16.3 Å². The van der Waals surface area contributed by atoms with E-state index in [1.807, 2.05) is 25.1 Å². The molecule has 5 heteroatoms. The Morgan fingerprint density at radius 1 is 1.22 bits per heavy atom. The van der Waals surface area contributed by atoms with Gasteiger partial charge in [-0.25, -0.2) is 0 Å². The second-order valence-corrected chi connectivity index (χ2v) is 8.16. The van der Waals surface area contributed by atoms with Crippen molar-refractivity contribution in [3.05, 3.63) is 35.9 Å². The Hall–Kier alpha value is -0.810. The van der Waals surface area contributed by atoms with Gasteiger partial charge in [-0.3, -0.25) is 13.2 Å². The van der Waals surface area contributed by atoms with Crippen molar-refractivity contribution in [2.75, 3.05) is 11.5 Å². The summed E-state index contributed by atoms with van der Waals surface area (Å²) in [7, 11) is -2.09. The lowest BCUT2D eigenvalue weighted by Crippen LogP contribution is -2.25. The van der Waals surface area contributed by atoms with Crippen LogP contribution < -0.4 is 0 Å². The highest BCUT2D eigenvalue weighted by atomic mass is 32.3. The van der Waals surface area contributed by atoms with Crippen LogP contribution in [0.1, 0.15) is 23.7 Å². The molecule has 2 rings (SSSR count). The summed E-state index contributed by atoms with van der Waals surface area (Å²) in [6.45, 7) is 1.87. The fraction of sp³-hybridized carbons (Fsp3) is 0.462. The summed E-state index contributed by atoms with van der Waals surface area (Å²) in [6, 6.07) is 9.06. The summed E-state index contributed by atoms with van der Waals surface area (Å²) < 4.78 is 23.2. The third-order valence-corrected chi connectivity index (χ3v) is 7.80. The van der Waals surface area contributed by atoms with Crippen molar-refractivity contribution in [2.24, 2.45) is 5.92 Å². The summed E-state index contributed by atoms with van der Waals surface area (Å²) in [5.41, 5.74) is 0.666. The van der Waals surface area contributed by atoms with Crippen LogP contribution >= 0.6 is 0 Å². The van der Waals surface area contributed by atoms with E-state index in [0.29, 0.717) is 23.5 Å².